The summed E-state index contributed by atoms with van der Waals surface area (Å²) in [4.78, 5) is 0. The van der Waals surface area contributed by atoms with Crippen LogP contribution in [0.4, 0.5) is 0 Å². The molecule has 0 unspecified atom stereocenters. The highest BCUT2D eigenvalue weighted by Gasteiger charge is 2.37. The lowest BCUT2D eigenvalue weighted by Crippen LogP contribution is -2.56. The van der Waals surface area contributed by atoms with Crippen molar-refractivity contribution in [2.24, 2.45) is 17.1 Å². The van der Waals surface area contributed by atoms with Crippen LogP contribution in [0.5, 0.6) is 0 Å². The zero-order valence-corrected chi connectivity index (χ0v) is 14.4. The van der Waals surface area contributed by atoms with Crippen LogP contribution in [0.1, 0.15) is 66.2 Å². The van der Waals surface area contributed by atoms with Crippen LogP contribution in [-0.2, 0) is 10.0 Å². The van der Waals surface area contributed by atoms with Crippen LogP contribution < -0.4 is 10.5 Å². The van der Waals surface area contributed by atoms with Gasteiger partial charge in [0, 0.05) is 12.1 Å². The molecule has 0 spiro atoms. The zero-order chi connectivity index (χ0) is 15.4. The highest BCUT2D eigenvalue weighted by molar-refractivity contribution is 7.89. The summed E-state index contributed by atoms with van der Waals surface area (Å²) in [6.07, 6.45) is 5.75. The van der Waals surface area contributed by atoms with Crippen molar-refractivity contribution in [3.05, 3.63) is 0 Å². The monoisotopic (exact) mass is 304 g/mol. The van der Waals surface area contributed by atoms with E-state index in [1.165, 1.54) is 6.42 Å². The van der Waals surface area contributed by atoms with E-state index < -0.39 is 15.6 Å². The number of sulfonamides is 1. The van der Waals surface area contributed by atoms with Crippen molar-refractivity contribution < 1.29 is 8.42 Å². The van der Waals surface area contributed by atoms with Gasteiger partial charge in [-0.2, -0.15) is 0 Å². The Morgan fingerprint density at radius 1 is 1.25 bits per heavy atom. The summed E-state index contributed by atoms with van der Waals surface area (Å²) < 4.78 is 27.5. The lowest BCUT2D eigenvalue weighted by Gasteiger charge is -2.39. The molecular formula is C15H32N2O2S. The molecule has 1 aliphatic rings. The molecule has 1 rings (SSSR count). The summed E-state index contributed by atoms with van der Waals surface area (Å²) in [5, 5.41) is 0. The lowest BCUT2D eigenvalue weighted by atomic mass is 9.76. The van der Waals surface area contributed by atoms with Gasteiger partial charge in [0.25, 0.3) is 0 Å². The molecule has 0 aromatic carbocycles. The molecule has 0 atom stereocenters. The zero-order valence-electron chi connectivity index (χ0n) is 13.5. The van der Waals surface area contributed by atoms with Crippen LogP contribution in [-0.4, -0.2) is 26.3 Å². The van der Waals surface area contributed by atoms with Crippen molar-refractivity contribution in [1.29, 1.82) is 0 Å². The van der Waals surface area contributed by atoms with E-state index in [-0.39, 0.29) is 11.2 Å². The number of hydrogen-bond acceptors (Lipinski definition) is 3. The average molecular weight is 305 g/mol. The summed E-state index contributed by atoms with van der Waals surface area (Å²) in [7, 11) is -3.24. The Bertz CT molecular complexity index is 391. The predicted octanol–water partition coefficient (Wildman–Crippen LogP) is 2.64. The standard InChI is InChI=1S/C15H32N2O2S/c1-5-13-6-8-15(12-16,9-7-13)17-20(18,19)11-10-14(2,3)4/h13,17H,5-12,16H2,1-4H3. The molecule has 0 bridgehead atoms. The second-order valence-corrected chi connectivity index (χ2v) is 9.41. The van der Waals surface area contributed by atoms with Crippen molar-refractivity contribution in [2.75, 3.05) is 12.3 Å². The molecule has 0 aromatic rings. The normalized spacial score (nSPS) is 28.6. The summed E-state index contributed by atoms with van der Waals surface area (Å²) in [5.74, 6) is 0.920. The maximum absolute atomic E-state index is 12.3. The van der Waals surface area contributed by atoms with Gasteiger partial charge in [-0.15, -0.1) is 0 Å². The highest BCUT2D eigenvalue weighted by atomic mass is 32.2. The number of nitrogens with two attached hydrogens (primary N) is 1. The van der Waals surface area contributed by atoms with E-state index in [4.69, 9.17) is 5.73 Å². The SMILES string of the molecule is CCC1CCC(CN)(NS(=O)(=O)CCC(C)(C)C)CC1. The average Bonchev–Trinajstić information content (AvgIpc) is 2.36. The van der Waals surface area contributed by atoms with Gasteiger partial charge < -0.3 is 5.73 Å². The number of nitrogens with one attached hydrogen (secondary N) is 1. The van der Waals surface area contributed by atoms with Crippen LogP contribution in [0.2, 0.25) is 0 Å². The molecule has 4 nitrogen and oxygen atoms in total. The molecular weight excluding hydrogens is 272 g/mol. The van der Waals surface area contributed by atoms with Crippen molar-refractivity contribution in [2.45, 2.75) is 71.8 Å². The van der Waals surface area contributed by atoms with Gasteiger partial charge in [-0.1, -0.05) is 34.1 Å². The third-order valence-electron chi connectivity index (χ3n) is 4.52. The molecule has 0 radical (unpaired) electrons. The first-order chi connectivity index (χ1) is 9.11. The van der Waals surface area contributed by atoms with E-state index in [0.717, 1.165) is 31.6 Å². The van der Waals surface area contributed by atoms with Gasteiger partial charge in [-0.05, 0) is 43.4 Å². The van der Waals surface area contributed by atoms with E-state index >= 15 is 0 Å². The predicted molar refractivity (Wildman–Crippen MR) is 85.0 cm³/mol. The molecule has 20 heavy (non-hydrogen) atoms. The summed E-state index contributed by atoms with van der Waals surface area (Å²) >= 11 is 0. The van der Waals surface area contributed by atoms with Crippen LogP contribution in [0.3, 0.4) is 0 Å². The first kappa shape index (κ1) is 17.9. The van der Waals surface area contributed by atoms with E-state index in [1.54, 1.807) is 0 Å². The first-order valence-corrected chi connectivity index (χ1v) is 9.48. The van der Waals surface area contributed by atoms with Gasteiger partial charge in [0.15, 0.2) is 0 Å². The molecule has 1 fully saturated rings. The number of hydrogen-bond donors (Lipinski definition) is 2. The largest absolute Gasteiger partial charge is 0.329 e. The van der Waals surface area contributed by atoms with E-state index in [2.05, 4.69) is 32.4 Å². The number of rotatable bonds is 6. The summed E-state index contributed by atoms with van der Waals surface area (Å²) in [5.41, 5.74) is 5.52. The molecule has 0 heterocycles. The van der Waals surface area contributed by atoms with Crippen LogP contribution in [0.25, 0.3) is 0 Å². The maximum Gasteiger partial charge on any atom is 0.212 e. The third-order valence-corrected chi connectivity index (χ3v) is 6.01. The molecule has 0 aromatic heterocycles. The molecule has 120 valence electrons. The van der Waals surface area contributed by atoms with Crippen LogP contribution >= 0.6 is 0 Å². The topological polar surface area (TPSA) is 72.2 Å². The molecule has 1 aliphatic carbocycles. The van der Waals surface area contributed by atoms with Gasteiger partial charge in [-0.3, -0.25) is 0 Å². The van der Waals surface area contributed by atoms with Crippen molar-refractivity contribution >= 4 is 10.0 Å². The minimum absolute atomic E-state index is 0.0322. The van der Waals surface area contributed by atoms with Gasteiger partial charge >= 0.3 is 0 Å². The lowest BCUT2D eigenvalue weighted by molar-refractivity contribution is 0.217. The molecule has 0 aliphatic heterocycles. The second-order valence-electron chi connectivity index (χ2n) is 7.57. The fourth-order valence-corrected chi connectivity index (χ4v) is 4.74. The summed E-state index contributed by atoms with van der Waals surface area (Å²) in [6.45, 7) is 8.79. The van der Waals surface area contributed by atoms with Crippen molar-refractivity contribution in [3.8, 4) is 0 Å². The molecule has 0 saturated heterocycles. The summed E-state index contributed by atoms with van der Waals surface area (Å²) in [6, 6.07) is 0. The Morgan fingerprint density at radius 2 is 1.80 bits per heavy atom. The Labute approximate surface area is 124 Å². The van der Waals surface area contributed by atoms with E-state index in [0.29, 0.717) is 13.0 Å². The quantitative estimate of drug-likeness (QED) is 0.792. The Hall–Kier alpha value is -0.130. The van der Waals surface area contributed by atoms with Gasteiger partial charge in [-0.25, -0.2) is 13.1 Å². The minimum atomic E-state index is -3.24. The van der Waals surface area contributed by atoms with Crippen LogP contribution in [0, 0.1) is 11.3 Å². The van der Waals surface area contributed by atoms with Crippen molar-refractivity contribution in [3.63, 3.8) is 0 Å². The molecule has 5 heteroatoms. The van der Waals surface area contributed by atoms with Gasteiger partial charge in [0.2, 0.25) is 10.0 Å². The molecule has 0 amide bonds. The fourth-order valence-electron chi connectivity index (χ4n) is 2.81. The van der Waals surface area contributed by atoms with Crippen LogP contribution in [0.15, 0.2) is 0 Å². The van der Waals surface area contributed by atoms with Gasteiger partial charge in [0.1, 0.15) is 0 Å². The van der Waals surface area contributed by atoms with Gasteiger partial charge in [0.05, 0.1) is 5.75 Å². The molecule has 1 saturated carbocycles. The first-order valence-electron chi connectivity index (χ1n) is 7.83. The third kappa shape index (κ3) is 5.70. The smallest absolute Gasteiger partial charge is 0.212 e. The Balaban J connectivity index is 2.64. The Kier molecular flexibility index (Phi) is 6.05. The maximum atomic E-state index is 12.3. The highest BCUT2D eigenvalue weighted by Crippen LogP contribution is 2.33. The Morgan fingerprint density at radius 3 is 2.20 bits per heavy atom. The molecule has 3 N–H and O–H groups in total. The van der Waals surface area contributed by atoms with E-state index in [1.807, 2.05) is 0 Å². The minimum Gasteiger partial charge on any atom is -0.329 e. The second kappa shape index (κ2) is 6.75. The fraction of sp³-hybridized carbons (Fsp3) is 1.00. The van der Waals surface area contributed by atoms with E-state index in [9.17, 15) is 8.42 Å². The van der Waals surface area contributed by atoms with Crippen molar-refractivity contribution in [1.82, 2.24) is 4.72 Å².